The van der Waals surface area contributed by atoms with E-state index in [1.165, 1.54) is 18.2 Å². The molecule has 6 nitrogen and oxygen atoms in total. The zero-order valence-corrected chi connectivity index (χ0v) is 19.8. The Morgan fingerprint density at radius 3 is 2.30 bits per heavy atom. The van der Waals surface area contributed by atoms with Gasteiger partial charge in [0.2, 0.25) is 15.9 Å². The van der Waals surface area contributed by atoms with E-state index in [-0.39, 0.29) is 18.9 Å². The van der Waals surface area contributed by atoms with E-state index in [0.29, 0.717) is 28.6 Å². The fourth-order valence-electron chi connectivity index (χ4n) is 3.07. The molecule has 0 atom stereocenters. The Morgan fingerprint density at radius 2 is 1.67 bits per heavy atom. The number of sulfonamides is 1. The van der Waals surface area contributed by atoms with Crippen LogP contribution in [0.5, 0.6) is 5.75 Å². The molecule has 0 saturated heterocycles. The number of nitrogens with one attached hydrogen (secondary N) is 1. The molecule has 33 heavy (non-hydrogen) atoms. The molecule has 0 saturated carbocycles. The van der Waals surface area contributed by atoms with Gasteiger partial charge in [0.15, 0.2) is 0 Å². The largest absolute Gasteiger partial charge is 0.489 e. The third kappa shape index (κ3) is 7.20. The van der Waals surface area contributed by atoms with Gasteiger partial charge in [-0.15, -0.1) is 0 Å². The SMILES string of the molecule is Cc1ccc(Cl)cc1N(CC(=O)NCc1ccc(OCc2ccc(F)cc2)cc1)S(C)(=O)=O. The number of nitrogens with zero attached hydrogens (tertiary/aromatic N) is 1. The van der Waals surface area contributed by atoms with Gasteiger partial charge >= 0.3 is 0 Å². The predicted molar refractivity (Wildman–Crippen MR) is 127 cm³/mol. The van der Waals surface area contributed by atoms with Crippen LogP contribution in [-0.2, 0) is 28.0 Å². The second-order valence-corrected chi connectivity index (χ2v) is 9.88. The Balaban J connectivity index is 1.56. The van der Waals surface area contributed by atoms with Crippen molar-refractivity contribution in [3.63, 3.8) is 0 Å². The van der Waals surface area contributed by atoms with E-state index in [1.807, 2.05) is 0 Å². The second-order valence-electron chi connectivity index (χ2n) is 7.54. The van der Waals surface area contributed by atoms with Gasteiger partial charge in [0, 0.05) is 11.6 Å². The van der Waals surface area contributed by atoms with Crippen LogP contribution in [-0.4, -0.2) is 27.1 Å². The van der Waals surface area contributed by atoms with Gasteiger partial charge in [-0.3, -0.25) is 9.10 Å². The minimum Gasteiger partial charge on any atom is -0.489 e. The van der Waals surface area contributed by atoms with Crippen LogP contribution in [0.1, 0.15) is 16.7 Å². The van der Waals surface area contributed by atoms with Gasteiger partial charge in [-0.2, -0.15) is 0 Å². The highest BCUT2D eigenvalue weighted by molar-refractivity contribution is 7.92. The minimum absolute atomic E-state index is 0.225. The van der Waals surface area contributed by atoms with Crippen LogP contribution in [0.2, 0.25) is 5.02 Å². The van der Waals surface area contributed by atoms with E-state index in [1.54, 1.807) is 55.5 Å². The van der Waals surface area contributed by atoms with Crippen molar-refractivity contribution in [2.75, 3.05) is 17.1 Å². The van der Waals surface area contributed by atoms with Gasteiger partial charge in [-0.1, -0.05) is 41.9 Å². The van der Waals surface area contributed by atoms with Crippen LogP contribution in [0, 0.1) is 12.7 Å². The van der Waals surface area contributed by atoms with E-state index in [2.05, 4.69) is 5.32 Å². The zero-order valence-electron chi connectivity index (χ0n) is 18.2. The number of carbonyl (C=O) groups is 1. The Bertz CT molecular complexity index is 1220. The van der Waals surface area contributed by atoms with Crippen molar-refractivity contribution in [3.8, 4) is 5.75 Å². The fraction of sp³-hybridized carbons (Fsp3) is 0.208. The van der Waals surface area contributed by atoms with E-state index in [0.717, 1.165) is 21.7 Å². The second kappa shape index (κ2) is 10.7. The minimum atomic E-state index is -3.70. The number of amides is 1. The molecule has 1 amide bonds. The lowest BCUT2D eigenvalue weighted by atomic mass is 10.2. The highest BCUT2D eigenvalue weighted by Gasteiger charge is 2.22. The quantitative estimate of drug-likeness (QED) is 0.481. The molecule has 0 aliphatic heterocycles. The molecule has 9 heteroatoms. The van der Waals surface area contributed by atoms with Crippen LogP contribution in [0.4, 0.5) is 10.1 Å². The summed E-state index contributed by atoms with van der Waals surface area (Å²) in [6.45, 7) is 1.92. The first-order valence-electron chi connectivity index (χ1n) is 10.1. The molecule has 0 unspecified atom stereocenters. The molecule has 3 aromatic rings. The molecule has 174 valence electrons. The number of ether oxygens (including phenoxy) is 1. The third-order valence-electron chi connectivity index (χ3n) is 4.86. The van der Waals surface area contributed by atoms with Crippen molar-refractivity contribution in [3.05, 3.63) is 94.3 Å². The first kappa shape index (κ1) is 24.5. The number of carbonyl (C=O) groups excluding carboxylic acids is 1. The van der Waals surface area contributed by atoms with Gasteiger partial charge in [-0.25, -0.2) is 12.8 Å². The maximum Gasteiger partial charge on any atom is 0.241 e. The molecule has 0 spiro atoms. The monoisotopic (exact) mass is 490 g/mol. The van der Waals surface area contributed by atoms with Crippen LogP contribution in [0.25, 0.3) is 0 Å². The van der Waals surface area contributed by atoms with Crippen molar-refractivity contribution < 1.29 is 22.3 Å². The number of hydrogen-bond acceptors (Lipinski definition) is 4. The molecule has 0 fully saturated rings. The standard InChI is InChI=1S/C24H24ClFN2O4S/c1-17-3-8-20(25)13-23(17)28(33(2,30)31)15-24(29)27-14-18-6-11-22(12-7-18)32-16-19-4-9-21(26)10-5-19/h3-13H,14-16H2,1-2H3,(H,27,29). The summed E-state index contributed by atoms with van der Waals surface area (Å²) in [5.74, 6) is -0.113. The number of halogens is 2. The summed E-state index contributed by atoms with van der Waals surface area (Å²) in [6, 6.07) is 18.1. The van der Waals surface area contributed by atoms with Gasteiger partial charge < -0.3 is 10.1 Å². The number of rotatable bonds is 9. The molecule has 0 aliphatic rings. The van der Waals surface area contributed by atoms with Crippen LogP contribution in [0.15, 0.2) is 66.7 Å². The zero-order chi connectivity index (χ0) is 24.0. The first-order valence-corrected chi connectivity index (χ1v) is 12.3. The van der Waals surface area contributed by atoms with Crippen LogP contribution >= 0.6 is 11.6 Å². The maximum atomic E-state index is 13.0. The van der Waals surface area contributed by atoms with E-state index in [4.69, 9.17) is 16.3 Å². The normalized spacial score (nSPS) is 11.2. The molecule has 3 rings (SSSR count). The van der Waals surface area contributed by atoms with E-state index < -0.39 is 15.9 Å². The van der Waals surface area contributed by atoms with Gasteiger partial charge in [0.25, 0.3) is 0 Å². The lowest BCUT2D eigenvalue weighted by Gasteiger charge is -2.23. The Kier molecular flexibility index (Phi) is 7.94. The van der Waals surface area contributed by atoms with Crippen molar-refractivity contribution in [1.29, 1.82) is 0 Å². The van der Waals surface area contributed by atoms with Crippen molar-refractivity contribution >= 4 is 33.2 Å². The number of anilines is 1. The summed E-state index contributed by atoms with van der Waals surface area (Å²) in [7, 11) is -3.70. The first-order chi connectivity index (χ1) is 15.6. The predicted octanol–water partition coefficient (Wildman–Crippen LogP) is 4.45. The van der Waals surface area contributed by atoms with Gasteiger partial charge in [-0.05, 0) is 60.0 Å². The summed E-state index contributed by atoms with van der Waals surface area (Å²) < 4.78 is 44.3. The van der Waals surface area contributed by atoms with Gasteiger partial charge in [0.05, 0.1) is 11.9 Å². The highest BCUT2D eigenvalue weighted by Crippen LogP contribution is 2.26. The molecular weight excluding hydrogens is 467 g/mol. The lowest BCUT2D eigenvalue weighted by molar-refractivity contribution is -0.119. The molecule has 1 N–H and O–H groups in total. The topological polar surface area (TPSA) is 75.7 Å². The van der Waals surface area contributed by atoms with E-state index >= 15 is 0 Å². The number of hydrogen-bond donors (Lipinski definition) is 1. The van der Waals surface area contributed by atoms with Crippen LogP contribution in [0.3, 0.4) is 0 Å². The van der Waals surface area contributed by atoms with Gasteiger partial charge in [0.1, 0.15) is 24.7 Å². The average Bonchev–Trinajstić information content (AvgIpc) is 2.77. The van der Waals surface area contributed by atoms with Crippen molar-refractivity contribution in [1.82, 2.24) is 5.32 Å². The number of aryl methyl sites for hydroxylation is 1. The molecule has 0 aromatic heterocycles. The maximum absolute atomic E-state index is 13.0. The molecule has 0 heterocycles. The summed E-state index contributed by atoms with van der Waals surface area (Å²) >= 11 is 6.02. The Morgan fingerprint density at radius 1 is 1.03 bits per heavy atom. The van der Waals surface area contributed by atoms with Crippen molar-refractivity contribution in [2.24, 2.45) is 0 Å². The smallest absolute Gasteiger partial charge is 0.241 e. The third-order valence-corrected chi connectivity index (χ3v) is 6.22. The molecule has 0 aliphatic carbocycles. The summed E-state index contributed by atoms with van der Waals surface area (Å²) in [5.41, 5.74) is 2.72. The summed E-state index contributed by atoms with van der Waals surface area (Å²) in [5, 5.41) is 3.11. The highest BCUT2D eigenvalue weighted by atomic mass is 35.5. The average molecular weight is 491 g/mol. The number of benzene rings is 3. The summed E-state index contributed by atoms with van der Waals surface area (Å²) in [4.78, 5) is 12.5. The Hall–Kier alpha value is -3.10. The molecule has 0 radical (unpaired) electrons. The lowest BCUT2D eigenvalue weighted by Crippen LogP contribution is -2.40. The molecular formula is C24H24ClFN2O4S. The Labute approximate surface area is 198 Å². The van der Waals surface area contributed by atoms with E-state index in [9.17, 15) is 17.6 Å². The fourth-order valence-corrected chi connectivity index (χ4v) is 4.14. The molecule has 3 aromatic carbocycles. The summed E-state index contributed by atoms with van der Waals surface area (Å²) in [6.07, 6.45) is 1.05. The molecule has 0 bridgehead atoms. The van der Waals surface area contributed by atoms with Crippen LogP contribution < -0.4 is 14.4 Å². The van der Waals surface area contributed by atoms with Crippen molar-refractivity contribution in [2.45, 2.75) is 20.1 Å².